The zero-order valence-corrected chi connectivity index (χ0v) is 17.6. The number of carbonyl (C=O) groups is 3. The van der Waals surface area contributed by atoms with Crippen LogP contribution in [0, 0.1) is 0 Å². The van der Waals surface area contributed by atoms with E-state index >= 15 is 0 Å². The number of hydrogen-bond donors (Lipinski definition) is 1. The van der Waals surface area contributed by atoms with Crippen LogP contribution in [0.25, 0.3) is 0 Å². The minimum Gasteiger partial charge on any atom is -0.444 e. The highest BCUT2D eigenvalue weighted by Crippen LogP contribution is 2.46. The van der Waals surface area contributed by atoms with Crippen LogP contribution in [-0.2, 0) is 14.3 Å². The van der Waals surface area contributed by atoms with E-state index in [2.05, 4.69) is 0 Å². The number of hydrogen-bond acceptors (Lipinski definition) is 5. The highest BCUT2D eigenvalue weighted by molar-refractivity contribution is 6.01. The van der Waals surface area contributed by atoms with Gasteiger partial charge in [-0.25, -0.2) is 4.79 Å². The summed E-state index contributed by atoms with van der Waals surface area (Å²) < 4.78 is 5.51. The van der Waals surface area contributed by atoms with Crippen molar-refractivity contribution in [3.8, 4) is 0 Å². The third-order valence-electron chi connectivity index (χ3n) is 6.18. The van der Waals surface area contributed by atoms with Crippen LogP contribution in [0.4, 0.5) is 4.79 Å². The standard InChI is InChI=1S/C20H33N3O5/c1-13(24)15(16(25)21-10-6-7-11-21)23-14(2)20(17(23)26)9-8-12-22(20)18(27)28-19(3,4)5/h13-15,24H,6-12H2,1-5H3/t13-,14?,15+,20?/m0/s1. The molecule has 3 rings (SSSR count). The summed E-state index contributed by atoms with van der Waals surface area (Å²) in [6.07, 6.45) is 1.67. The summed E-state index contributed by atoms with van der Waals surface area (Å²) in [4.78, 5) is 43.8. The van der Waals surface area contributed by atoms with Gasteiger partial charge in [0.05, 0.1) is 12.1 Å². The second kappa shape index (κ2) is 7.21. The van der Waals surface area contributed by atoms with Crippen molar-refractivity contribution in [2.45, 2.75) is 89.6 Å². The molecule has 0 aromatic carbocycles. The molecule has 0 aromatic heterocycles. The molecule has 2 unspecified atom stereocenters. The first-order valence-electron chi connectivity index (χ1n) is 10.3. The van der Waals surface area contributed by atoms with Crippen molar-refractivity contribution < 1.29 is 24.2 Å². The summed E-state index contributed by atoms with van der Waals surface area (Å²) in [6, 6.07) is -1.27. The molecule has 3 heterocycles. The Morgan fingerprint density at radius 3 is 2.29 bits per heavy atom. The molecule has 3 fully saturated rings. The molecule has 0 radical (unpaired) electrons. The van der Waals surface area contributed by atoms with E-state index in [-0.39, 0.29) is 17.9 Å². The van der Waals surface area contributed by atoms with E-state index in [0.29, 0.717) is 32.5 Å². The first kappa shape index (κ1) is 20.9. The fourth-order valence-corrected chi connectivity index (χ4v) is 4.86. The van der Waals surface area contributed by atoms with Crippen LogP contribution in [-0.4, -0.2) is 86.7 Å². The lowest BCUT2D eigenvalue weighted by Crippen LogP contribution is -2.81. The Morgan fingerprint density at radius 1 is 1.18 bits per heavy atom. The summed E-state index contributed by atoms with van der Waals surface area (Å²) in [5, 5.41) is 10.3. The van der Waals surface area contributed by atoms with Crippen molar-refractivity contribution in [3.63, 3.8) is 0 Å². The van der Waals surface area contributed by atoms with Crippen molar-refractivity contribution in [3.05, 3.63) is 0 Å². The Labute approximate surface area is 166 Å². The highest BCUT2D eigenvalue weighted by Gasteiger charge is 2.68. The van der Waals surface area contributed by atoms with Crippen molar-refractivity contribution >= 4 is 17.9 Å². The van der Waals surface area contributed by atoms with Crippen LogP contribution < -0.4 is 0 Å². The number of β-lactam (4-membered cyclic amide) rings is 1. The smallest absolute Gasteiger partial charge is 0.411 e. The van der Waals surface area contributed by atoms with Crippen molar-refractivity contribution in [2.75, 3.05) is 19.6 Å². The lowest BCUT2D eigenvalue weighted by molar-refractivity contribution is -0.185. The van der Waals surface area contributed by atoms with Gasteiger partial charge in [-0.05, 0) is 60.3 Å². The van der Waals surface area contributed by atoms with Gasteiger partial charge in [0, 0.05) is 19.6 Å². The van der Waals surface area contributed by atoms with Crippen LogP contribution in [0.15, 0.2) is 0 Å². The minimum atomic E-state index is -0.978. The van der Waals surface area contributed by atoms with Gasteiger partial charge in [0.2, 0.25) is 5.91 Å². The SMILES string of the molecule is CC1N([C@@H](C(=O)N2CCCC2)[C@H](C)O)C(=O)C12CCCN2C(=O)OC(C)(C)C. The molecule has 1 N–H and O–H groups in total. The predicted molar refractivity (Wildman–Crippen MR) is 102 cm³/mol. The number of ether oxygens (including phenoxy) is 1. The molecule has 4 atom stereocenters. The Bertz CT molecular complexity index is 653. The van der Waals surface area contributed by atoms with Gasteiger partial charge >= 0.3 is 6.09 Å². The van der Waals surface area contributed by atoms with E-state index in [1.165, 1.54) is 9.80 Å². The number of likely N-dealkylation sites (tertiary alicyclic amines) is 3. The molecule has 0 saturated carbocycles. The van der Waals surface area contributed by atoms with Gasteiger partial charge in [-0.3, -0.25) is 14.5 Å². The lowest BCUT2D eigenvalue weighted by Gasteiger charge is -2.59. The zero-order valence-electron chi connectivity index (χ0n) is 17.6. The molecular weight excluding hydrogens is 362 g/mol. The van der Waals surface area contributed by atoms with Gasteiger partial charge in [0.15, 0.2) is 0 Å². The second-order valence-corrected chi connectivity index (χ2v) is 9.27. The van der Waals surface area contributed by atoms with E-state index in [9.17, 15) is 19.5 Å². The second-order valence-electron chi connectivity index (χ2n) is 9.27. The molecule has 3 amide bonds. The summed E-state index contributed by atoms with van der Waals surface area (Å²) in [5.41, 5.74) is -1.62. The van der Waals surface area contributed by atoms with Crippen molar-refractivity contribution in [1.29, 1.82) is 0 Å². The largest absolute Gasteiger partial charge is 0.444 e. The number of aliphatic hydroxyl groups excluding tert-OH is 1. The van der Waals surface area contributed by atoms with Crippen LogP contribution in [0.1, 0.15) is 60.3 Å². The first-order valence-corrected chi connectivity index (χ1v) is 10.3. The molecule has 3 saturated heterocycles. The molecule has 0 aliphatic carbocycles. The van der Waals surface area contributed by atoms with E-state index in [0.717, 1.165) is 12.8 Å². The Morgan fingerprint density at radius 2 is 1.79 bits per heavy atom. The zero-order chi connectivity index (χ0) is 20.9. The number of amides is 3. The fraction of sp³-hybridized carbons (Fsp3) is 0.850. The van der Waals surface area contributed by atoms with Gasteiger partial charge in [-0.15, -0.1) is 0 Å². The predicted octanol–water partition coefficient (Wildman–Crippen LogP) is 1.36. The molecular formula is C20H33N3O5. The third-order valence-corrected chi connectivity index (χ3v) is 6.18. The Balaban J connectivity index is 1.82. The van der Waals surface area contributed by atoms with Gasteiger partial charge in [0.1, 0.15) is 17.2 Å². The Kier molecular flexibility index (Phi) is 5.38. The fourth-order valence-electron chi connectivity index (χ4n) is 4.86. The summed E-state index contributed by atoms with van der Waals surface area (Å²) in [5.74, 6) is -0.467. The average Bonchev–Trinajstić information content (AvgIpc) is 3.26. The van der Waals surface area contributed by atoms with E-state index in [4.69, 9.17) is 4.74 Å². The maximum absolute atomic E-state index is 13.3. The monoisotopic (exact) mass is 395 g/mol. The molecule has 158 valence electrons. The van der Waals surface area contributed by atoms with Crippen molar-refractivity contribution in [2.24, 2.45) is 0 Å². The van der Waals surface area contributed by atoms with Gasteiger partial charge in [-0.1, -0.05) is 0 Å². The first-order chi connectivity index (χ1) is 13.0. The topological polar surface area (TPSA) is 90.4 Å². The molecule has 8 heteroatoms. The minimum absolute atomic E-state index is 0.204. The van der Waals surface area contributed by atoms with E-state index in [1.54, 1.807) is 32.6 Å². The van der Waals surface area contributed by atoms with Crippen LogP contribution in [0.3, 0.4) is 0 Å². The lowest BCUT2D eigenvalue weighted by atomic mass is 9.75. The maximum atomic E-state index is 13.3. The Hall–Kier alpha value is -1.83. The van der Waals surface area contributed by atoms with Crippen molar-refractivity contribution in [1.82, 2.24) is 14.7 Å². The molecule has 28 heavy (non-hydrogen) atoms. The number of rotatable bonds is 3. The summed E-state index contributed by atoms with van der Waals surface area (Å²) in [6.45, 7) is 10.6. The number of carbonyl (C=O) groups excluding carboxylic acids is 3. The molecule has 1 spiro atoms. The van der Waals surface area contributed by atoms with Gasteiger partial charge in [0.25, 0.3) is 5.91 Å². The van der Waals surface area contributed by atoms with E-state index < -0.39 is 29.4 Å². The number of aliphatic hydroxyl groups is 1. The molecule has 0 aromatic rings. The molecule has 0 bridgehead atoms. The normalized spacial score (nSPS) is 29.9. The molecule has 3 aliphatic heterocycles. The van der Waals surface area contributed by atoms with E-state index in [1.807, 2.05) is 6.92 Å². The molecule has 3 aliphatic rings. The summed E-state index contributed by atoms with van der Waals surface area (Å²) >= 11 is 0. The van der Waals surface area contributed by atoms with Gasteiger partial charge in [-0.2, -0.15) is 0 Å². The quantitative estimate of drug-likeness (QED) is 0.729. The maximum Gasteiger partial charge on any atom is 0.411 e. The molecule has 8 nitrogen and oxygen atoms in total. The highest BCUT2D eigenvalue weighted by atomic mass is 16.6. The van der Waals surface area contributed by atoms with Crippen LogP contribution in [0.2, 0.25) is 0 Å². The van der Waals surface area contributed by atoms with Crippen LogP contribution >= 0.6 is 0 Å². The van der Waals surface area contributed by atoms with Gasteiger partial charge < -0.3 is 19.6 Å². The van der Waals surface area contributed by atoms with Crippen LogP contribution in [0.5, 0.6) is 0 Å². The number of nitrogens with zero attached hydrogens (tertiary/aromatic N) is 3. The summed E-state index contributed by atoms with van der Waals surface area (Å²) in [7, 11) is 0. The third kappa shape index (κ3) is 3.25. The average molecular weight is 396 g/mol.